The molecule has 7 nitrogen and oxygen atoms in total. The zero-order valence-corrected chi connectivity index (χ0v) is 11.1. The van der Waals surface area contributed by atoms with Crippen LogP contribution in [0.25, 0.3) is 0 Å². The normalized spacial score (nSPS) is 11.8. The van der Waals surface area contributed by atoms with Gasteiger partial charge in [0.25, 0.3) is 0 Å². The molecule has 1 unspecified atom stereocenters. The van der Waals surface area contributed by atoms with Crippen LogP contribution in [0.15, 0.2) is 24.9 Å². The Balaban J connectivity index is 2.35. The van der Waals surface area contributed by atoms with Gasteiger partial charge >= 0.3 is 5.97 Å². The van der Waals surface area contributed by atoms with Crippen LogP contribution in [0.2, 0.25) is 0 Å². The quantitative estimate of drug-likeness (QED) is 0.400. The number of hydrogen-bond acceptors (Lipinski definition) is 4. The van der Waals surface area contributed by atoms with Crippen LogP contribution in [0.4, 0.5) is 0 Å². The van der Waals surface area contributed by atoms with E-state index in [1.807, 2.05) is 0 Å². The lowest BCUT2D eigenvalue weighted by atomic mass is 10.1. The molecule has 1 amide bonds. The number of unbranched alkanes of at least 4 members (excludes halogenated alkanes) is 1. The Bertz CT molecular complexity index is 456. The highest BCUT2D eigenvalue weighted by atomic mass is 16.4. The highest BCUT2D eigenvalue weighted by Crippen LogP contribution is 2.06. The second-order valence-corrected chi connectivity index (χ2v) is 4.49. The van der Waals surface area contributed by atoms with Crippen molar-refractivity contribution in [3.63, 3.8) is 0 Å². The number of carbonyl (C=O) groups excluding carboxylic acids is 1. The summed E-state index contributed by atoms with van der Waals surface area (Å²) < 4.78 is 0. The number of carbonyl (C=O) groups is 2. The first-order valence-corrected chi connectivity index (χ1v) is 6.35. The first-order chi connectivity index (χ1) is 9.49. The molecule has 0 aliphatic rings. The number of aliphatic hydroxyl groups excluding tert-OH is 1. The summed E-state index contributed by atoms with van der Waals surface area (Å²) in [5.74, 6) is -1.24. The van der Waals surface area contributed by atoms with Crippen LogP contribution in [-0.4, -0.2) is 38.1 Å². The van der Waals surface area contributed by atoms with Crippen molar-refractivity contribution in [1.29, 1.82) is 0 Å². The van der Waals surface area contributed by atoms with Gasteiger partial charge in [0.1, 0.15) is 5.76 Å². The third-order valence-electron chi connectivity index (χ3n) is 2.76. The minimum Gasteiger partial charge on any atom is -0.511 e. The number of H-pyrrole nitrogens is 1. The Kier molecular flexibility index (Phi) is 6.28. The maximum absolute atomic E-state index is 11.7. The number of nitrogens with one attached hydrogen (secondary N) is 2. The zero-order chi connectivity index (χ0) is 15.0. The fourth-order valence-corrected chi connectivity index (χ4v) is 1.70. The maximum Gasteiger partial charge on any atom is 0.303 e. The van der Waals surface area contributed by atoms with E-state index in [1.54, 1.807) is 6.20 Å². The lowest BCUT2D eigenvalue weighted by Gasteiger charge is -2.16. The molecule has 1 aromatic rings. The Morgan fingerprint density at radius 1 is 1.35 bits per heavy atom. The van der Waals surface area contributed by atoms with Gasteiger partial charge in [-0.05, 0) is 12.8 Å². The topological polar surface area (TPSA) is 115 Å². The Labute approximate surface area is 116 Å². The minimum absolute atomic E-state index is 0.0531. The van der Waals surface area contributed by atoms with Crippen LogP contribution in [0.1, 0.15) is 31.4 Å². The first-order valence-electron chi connectivity index (χ1n) is 6.35. The van der Waals surface area contributed by atoms with Gasteiger partial charge in [0.2, 0.25) is 5.91 Å². The summed E-state index contributed by atoms with van der Waals surface area (Å²) in [6.45, 7) is 3.44. The first kappa shape index (κ1) is 15.7. The Morgan fingerprint density at radius 2 is 2.05 bits per heavy atom. The lowest BCUT2D eigenvalue weighted by molar-refractivity contribution is -0.137. The molecule has 1 atom stereocenters. The second-order valence-electron chi connectivity index (χ2n) is 4.49. The molecular weight excluding hydrogens is 262 g/mol. The molecule has 1 aromatic heterocycles. The molecule has 0 aliphatic carbocycles. The van der Waals surface area contributed by atoms with Crippen molar-refractivity contribution in [3.05, 3.63) is 30.6 Å². The van der Waals surface area contributed by atoms with Crippen molar-refractivity contribution >= 4 is 11.9 Å². The molecular formula is C13H19N3O4. The molecule has 0 radical (unpaired) electrons. The molecule has 110 valence electrons. The highest BCUT2D eigenvalue weighted by molar-refractivity contribution is 5.76. The Morgan fingerprint density at radius 3 is 2.60 bits per heavy atom. The van der Waals surface area contributed by atoms with Crippen LogP contribution in [0, 0.1) is 0 Å². The summed E-state index contributed by atoms with van der Waals surface area (Å²) in [7, 11) is 0. The van der Waals surface area contributed by atoms with Crippen LogP contribution in [-0.2, 0) is 16.0 Å². The molecule has 0 fully saturated rings. The van der Waals surface area contributed by atoms with E-state index in [2.05, 4.69) is 21.9 Å². The van der Waals surface area contributed by atoms with Gasteiger partial charge in [-0.25, -0.2) is 4.98 Å². The van der Waals surface area contributed by atoms with E-state index in [-0.39, 0.29) is 24.5 Å². The van der Waals surface area contributed by atoms with Gasteiger partial charge in [-0.15, -0.1) is 0 Å². The number of carboxylic acid groups (broad SMARTS) is 1. The smallest absolute Gasteiger partial charge is 0.303 e. The zero-order valence-electron chi connectivity index (χ0n) is 11.1. The van der Waals surface area contributed by atoms with E-state index >= 15 is 0 Å². The van der Waals surface area contributed by atoms with Crippen LogP contribution in [0.3, 0.4) is 0 Å². The van der Waals surface area contributed by atoms with Crippen molar-refractivity contribution in [2.75, 3.05) is 0 Å². The summed E-state index contributed by atoms with van der Waals surface area (Å²) in [6, 6.07) is -0.581. The lowest BCUT2D eigenvalue weighted by Crippen LogP contribution is -2.37. The number of nitrogens with zero attached hydrogens (tertiary/aromatic N) is 1. The number of aliphatic hydroxyl groups is 1. The number of aliphatic carboxylic acids is 1. The summed E-state index contributed by atoms with van der Waals surface area (Å²) in [4.78, 5) is 28.8. The van der Waals surface area contributed by atoms with Gasteiger partial charge in [-0.2, -0.15) is 0 Å². The molecule has 7 heteroatoms. The highest BCUT2D eigenvalue weighted by Gasteiger charge is 2.16. The number of carboxylic acids is 1. The predicted octanol–water partition coefficient (Wildman–Crippen LogP) is 1.15. The van der Waals surface area contributed by atoms with E-state index in [1.165, 1.54) is 6.33 Å². The molecule has 1 heterocycles. The minimum atomic E-state index is -0.869. The average Bonchev–Trinajstić information content (AvgIpc) is 2.86. The third-order valence-corrected chi connectivity index (χ3v) is 2.76. The molecule has 0 aliphatic heterocycles. The number of aromatic nitrogens is 2. The van der Waals surface area contributed by atoms with Gasteiger partial charge in [0.15, 0.2) is 0 Å². The number of hydrogen-bond donors (Lipinski definition) is 4. The fraction of sp³-hybridized carbons (Fsp3) is 0.462. The van der Waals surface area contributed by atoms with Crippen LogP contribution >= 0.6 is 0 Å². The van der Waals surface area contributed by atoms with E-state index in [0.29, 0.717) is 19.3 Å². The fourth-order valence-electron chi connectivity index (χ4n) is 1.70. The predicted molar refractivity (Wildman–Crippen MR) is 72.1 cm³/mol. The maximum atomic E-state index is 11.7. The monoisotopic (exact) mass is 281 g/mol. The number of imidazole rings is 1. The van der Waals surface area contributed by atoms with Crippen molar-refractivity contribution in [2.45, 2.75) is 38.1 Å². The number of amides is 1. The van der Waals surface area contributed by atoms with E-state index in [9.17, 15) is 14.7 Å². The van der Waals surface area contributed by atoms with Crippen molar-refractivity contribution in [2.24, 2.45) is 0 Å². The summed E-state index contributed by atoms with van der Waals surface area (Å²) in [5.41, 5.74) is 0.774. The van der Waals surface area contributed by atoms with Gasteiger partial charge in [0, 0.05) is 31.2 Å². The average molecular weight is 281 g/mol. The number of rotatable bonds is 9. The molecule has 0 spiro atoms. The molecule has 0 saturated heterocycles. The summed E-state index contributed by atoms with van der Waals surface area (Å²) >= 11 is 0. The molecule has 20 heavy (non-hydrogen) atoms. The van der Waals surface area contributed by atoms with Gasteiger partial charge < -0.3 is 20.5 Å². The van der Waals surface area contributed by atoms with Crippen molar-refractivity contribution in [1.82, 2.24) is 15.3 Å². The second kappa shape index (κ2) is 7.98. The van der Waals surface area contributed by atoms with Crippen molar-refractivity contribution in [3.8, 4) is 0 Å². The molecule has 0 aromatic carbocycles. The molecule has 1 rings (SSSR count). The standard InChI is InChI=1S/C13H19N3O4/c1-9(17)11(6-10-7-14-8-15-10)16-12(18)4-2-3-5-13(19)20/h7-8,11,17H,1-6H2,(H,14,15)(H,16,18)(H,19,20). The largest absolute Gasteiger partial charge is 0.511 e. The molecule has 0 saturated carbocycles. The number of aromatic amines is 1. The molecule has 0 bridgehead atoms. The van der Waals surface area contributed by atoms with Crippen LogP contribution in [0.5, 0.6) is 0 Å². The van der Waals surface area contributed by atoms with Gasteiger partial charge in [0.05, 0.1) is 12.4 Å². The van der Waals surface area contributed by atoms with Crippen molar-refractivity contribution < 1.29 is 19.8 Å². The SMILES string of the molecule is C=C(O)C(Cc1cnc[nH]1)NC(=O)CCCCC(=O)O. The summed E-state index contributed by atoms with van der Waals surface area (Å²) in [5, 5.41) is 20.6. The molecule has 4 N–H and O–H groups in total. The summed E-state index contributed by atoms with van der Waals surface area (Å²) in [6.07, 6.45) is 4.71. The van der Waals surface area contributed by atoms with Gasteiger partial charge in [-0.1, -0.05) is 6.58 Å². The van der Waals surface area contributed by atoms with Gasteiger partial charge in [-0.3, -0.25) is 9.59 Å². The van der Waals surface area contributed by atoms with E-state index in [0.717, 1.165) is 5.69 Å². The van der Waals surface area contributed by atoms with E-state index in [4.69, 9.17) is 5.11 Å². The van der Waals surface area contributed by atoms with E-state index < -0.39 is 12.0 Å². The van der Waals surface area contributed by atoms with Crippen LogP contribution < -0.4 is 5.32 Å². The third kappa shape index (κ3) is 6.03. The Hall–Kier alpha value is -2.31.